The Morgan fingerprint density at radius 3 is 2.44 bits per heavy atom. The van der Waals surface area contributed by atoms with Gasteiger partial charge in [0.2, 0.25) is 0 Å². The molecule has 0 aliphatic heterocycles. The molecule has 0 N–H and O–H groups in total. The number of hydrogen-bond donors (Lipinski definition) is 0. The van der Waals surface area contributed by atoms with Crippen molar-refractivity contribution >= 4 is 16.2 Å². The maximum Gasteiger partial charge on any atom is 0.534 e. The minimum Gasteiger partial charge on any atom is -0.489 e. The highest BCUT2D eigenvalue weighted by atomic mass is 32.2. The molecule has 0 unspecified atom stereocenters. The van der Waals surface area contributed by atoms with Crippen LogP contribution in [0.1, 0.15) is 29.5 Å². The molecule has 8 heteroatoms. The lowest BCUT2D eigenvalue weighted by atomic mass is 10.0. The van der Waals surface area contributed by atoms with E-state index < -0.39 is 15.6 Å². The fourth-order valence-electron chi connectivity index (χ4n) is 2.72. The Balaban J connectivity index is 1.76. The number of benzene rings is 2. The summed E-state index contributed by atoms with van der Waals surface area (Å²) in [5, 5.41) is 0. The van der Waals surface area contributed by atoms with E-state index in [1.54, 1.807) is 12.1 Å². The van der Waals surface area contributed by atoms with Gasteiger partial charge in [0.05, 0.1) is 0 Å². The lowest BCUT2D eigenvalue weighted by molar-refractivity contribution is -0.0522. The minimum absolute atomic E-state index is 0.101. The predicted octanol–water partition coefficient (Wildman–Crippen LogP) is 4.81. The summed E-state index contributed by atoms with van der Waals surface area (Å²) >= 11 is 0. The molecule has 1 aliphatic rings. The molecule has 27 heavy (non-hydrogen) atoms. The van der Waals surface area contributed by atoms with Crippen molar-refractivity contribution in [3.63, 3.8) is 0 Å². The van der Waals surface area contributed by atoms with Crippen molar-refractivity contribution < 1.29 is 30.5 Å². The summed E-state index contributed by atoms with van der Waals surface area (Å²) in [5.41, 5.74) is -2.95. The summed E-state index contributed by atoms with van der Waals surface area (Å²) in [6.45, 7) is 0.396. The summed E-state index contributed by atoms with van der Waals surface area (Å²) in [4.78, 5) is 0. The molecule has 0 fully saturated rings. The maximum absolute atomic E-state index is 12.5. The average molecular weight is 398 g/mol. The third kappa shape index (κ3) is 4.82. The Morgan fingerprint density at radius 2 is 1.74 bits per heavy atom. The number of rotatable bonds is 5. The Bertz CT molecular complexity index is 935. The molecule has 0 saturated heterocycles. The van der Waals surface area contributed by atoms with E-state index in [0.717, 1.165) is 11.1 Å². The molecule has 0 radical (unpaired) electrons. The molecule has 1 aliphatic carbocycles. The SMILES string of the molecule is O=S(=O)(OC1=Cc2ccc(OCc3ccccc3)cc2CCC1)C(F)(F)F. The van der Waals surface area contributed by atoms with Gasteiger partial charge in [-0.1, -0.05) is 36.4 Å². The summed E-state index contributed by atoms with van der Waals surface area (Å²) < 4.78 is 70.0. The first kappa shape index (κ1) is 19.3. The fraction of sp³-hybridized carbons (Fsp3) is 0.263. The number of allylic oxidation sites excluding steroid dienone is 1. The van der Waals surface area contributed by atoms with Gasteiger partial charge in [-0.2, -0.15) is 21.6 Å². The van der Waals surface area contributed by atoms with Crippen molar-refractivity contribution in [2.24, 2.45) is 0 Å². The van der Waals surface area contributed by atoms with Crippen LogP contribution in [0.4, 0.5) is 13.2 Å². The molecule has 0 aromatic heterocycles. The second-order valence-corrected chi connectivity index (χ2v) is 7.62. The van der Waals surface area contributed by atoms with Crippen LogP contribution in [0.15, 0.2) is 54.3 Å². The van der Waals surface area contributed by atoms with E-state index in [4.69, 9.17) is 4.74 Å². The van der Waals surface area contributed by atoms with E-state index in [1.807, 2.05) is 36.4 Å². The highest BCUT2D eigenvalue weighted by Gasteiger charge is 2.48. The zero-order valence-corrected chi connectivity index (χ0v) is 15.0. The normalized spacial score (nSPS) is 14.7. The molecule has 0 amide bonds. The molecule has 4 nitrogen and oxygen atoms in total. The first-order chi connectivity index (χ1) is 12.7. The average Bonchev–Trinajstić information content (AvgIpc) is 2.80. The number of fused-ring (bicyclic) bond motifs is 1. The Kier molecular flexibility index (Phi) is 5.46. The van der Waals surface area contributed by atoms with Crippen LogP contribution in [0.25, 0.3) is 6.08 Å². The van der Waals surface area contributed by atoms with Gasteiger partial charge in [0.15, 0.2) is 0 Å². The topological polar surface area (TPSA) is 52.6 Å². The molecular formula is C19H17F3O4S. The highest BCUT2D eigenvalue weighted by Crippen LogP contribution is 2.32. The molecule has 0 saturated carbocycles. The number of halogens is 3. The van der Waals surface area contributed by atoms with Gasteiger partial charge in [0.25, 0.3) is 0 Å². The predicted molar refractivity (Wildman–Crippen MR) is 94.2 cm³/mol. The molecular weight excluding hydrogens is 381 g/mol. The quantitative estimate of drug-likeness (QED) is 0.536. The first-order valence-corrected chi connectivity index (χ1v) is 9.66. The van der Waals surface area contributed by atoms with Crippen LogP contribution in [0, 0.1) is 0 Å². The van der Waals surface area contributed by atoms with Gasteiger partial charge in [0.1, 0.15) is 18.1 Å². The van der Waals surface area contributed by atoms with E-state index in [2.05, 4.69) is 4.18 Å². The summed E-state index contributed by atoms with van der Waals surface area (Å²) in [7, 11) is -5.66. The molecule has 144 valence electrons. The minimum atomic E-state index is -5.66. The van der Waals surface area contributed by atoms with Gasteiger partial charge < -0.3 is 8.92 Å². The molecule has 0 bridgehead atoms. The van der Waals surface area contributed by atoms with Crippen LogP contribution in [-0.4, -0.2) is 13.9 Å². The second-order valence-electron chi connectivity index (χ2n) is 6.08. The maximum atomic E-state index is 12.5. The summed E-state index contributed by atoms with van der Waals surface area (Å²) in [6, 6.07) is 14.8. The van der Waals surface area contributed by atoms with Gasteiger partial charge in [0, 0.05) is 6.42 Å². The van der Waals surface area contributed by atoms with Crippen molar-refractivity contribution in [2.45, 2.75) is 31.4 Å². The van der Waals surface area contributed by atoms with Gasteiger partial charge in [-0.25, -0.2) is 0 Å². The zero-order valence-electron chi connectivity index (χ0n) is 14.2. The molecule has 0 atom stereocenters. The third-order valence-electron chi connectivity index (χ3n) is 4.05. The number of hydrogen-bond acceptors (Lipinski definition) is 4. The van der Waals surface area contributed by atoms with E-state index in [1.165, 1.54) is 6.08 Å². The summed E-state index contributed by atoms with van der Waals surface area (Å²) in [6.07, 6.45) is 2.48. The van der Waals surface area contributed by atoms with Crippen molar-refractivity contribution in [2.75, 3.05) is 0 Å². The van der Waals surface area contributed by atoms with Crippen LogP contribution in [0.2, 0.25) is 0 Å². The monoisotopic (exact) mass is 398 g/mol. The molecule has 2 aromatic carbocycles. The van der Waals surface area contributed by atoms with E-state index in [0.29, 0.717) is 30.8 Å². The van der Waals surface area contributed by atoms with Crippen molar-refractivity contribution in [3.8, 4) is 5.75 Å². The number of aryl methyl sites for hydroxylation is 1. The molecule has 3 rings (SSSR count). The molecule has 2 aromatic rings. The van der Waals surface area contributed by atoms with Gasteiger partial charge in [-0.15, -0.1) is 0 Å². The van der Waals surface area contributed by atoms with Crippen molar-refractivity contribution in [3.05, 3.63) is 71.0 Å². The van der Waals surface area contributed by atoms with Crippen LogP contribution in [0.5, 0.6) is 5.75 Å². The van der Waals surface area contributed by atoms with E-state index >= 15 is 0 Å². The van der Waals surface area contributed by atoms with Crippen LogP contribution < -0.4 is 4.74 Å². The highest BCUT2D eigenvalue weighted by molar-refractivity contribution is 7.87. The zero-order chi connectivity index (χ0) is 19.5. The standard InChI is InChI=1S/C19H17F3O4S/c20-19(21,22)27(23,24)26-18-8-4-7-15-11-17(10-9-16(15)12-18)25-13-14-5-2-1-3-6-14/h1-3,5-6,9-12H,4,7-8,13H2. The summed E-state index contributed by atoms with van der Waals surface area (Å²) in [5.74, 6) is 0.419. The Hall–Kier alpha value is -2.48. The third-order valence-corrected chi connectivity index (χ3v) is 5.05. The van der Waals surface area contributed by atoms with Crippen LogP contribution in [0.3, 0.4) is 0 Å². The van der Waals surface area contributed by atoms with Gasteiger partial charge in [-0.3, -0.25) is 0 Å². The largest absolute Gasteiger partial charge is 0.534 e. The first-order valence-electron chi connectivity index (χ1n) is 8.25. The number of alkyl halides is 3. The fourth-order valence-corrected chi connectivity index (χ4v) is 3.23. The lowest BCUT2D eigenvalue weighted by Crippen LogP contribution is -2.25. The van der Waals surface area contributed by atoms with Crippen molar-refractivity contribution in [1.82, 2.24) is 0 Å². The van der Waals surface area contributed by atoms with E-state index in [9.17, 15) is 21.6 Å². The Labute approximate surface area is 155 Å². The van der Waals surface area contributed by atoms with Crippen molar-refractivity contribution in [1.29, 1.82) is 0 Å². The molecule has 0 heterocycles. The van der Waals surface area contributed by atoms with Gasteiger partial charge in [-0.05, 0) is 47.7 Å². The van der Waals surface area contributed by atoms with Crippen LogP contribution >= 0.6 is 0 Å². The number of ether oxygens (including phenoxy) is 1. The van der Waals surface area contributed by atoms with Gasteiger partial charge >= 0.3 is 15.6 Å². The van der Waals surface area contributed by atoms with Crippen LogP contribution in [-0.2, 0) is 27.3 Å². The lowest BCUT2D eigenvalue weighted by Gasteiger charge is -2.11. The smallest absolute Gasteiger partial charge is 0.489 e. The Morgan fingerprint density at radius 1 is 1.00 bits per heavy atom. The molecule has 0 spiro atoms. The van der Waals surface area contributed by atoms with E-state index in [-0.39, 0.29) is 12.2 Å². The second kappa shape index (κ2) is 7.64.